The van der Waals surface area contributed by atoms with E-state index in [2.05, 4.69) is 39.3 Å². The molecular formula is C16H20N6O2. The van der Waals surface area contributed by atoms with Crippen molar-refractivity contribution in [2.45, 2.75) is 39.7 Å². The van der Waals surface area contributed by atoms with E-state index in [1.54, 1.807) is 30.8 Å². The molecule has 0 radical (unpaired) electrons. The zero-order chi connectivity index (χ0) is 17.3. The summed E-state index contributed by atoms with van der Waals surface area (Å²) in [7, 11) is 0. The first kappa shape index (κ1) is 16.1. The van der Waals surface area contributed by atoms with E-state index >= 15 is 0 Å². The number of nitro groups is 1. The second-order valence-electron chi connectivity index (χ2n) is 6.06. The minimum Gasteiger partial charge on any atom is -0.348 e. The Kier molecular flexibility index (Phi) is 4.28. The van der Waals surface area contributed by atoms with Crippen LogP contribution < -0.4 is 5.32 Å². The van der Waals surface area contributed by atoms with Gasteiger partial charge in [-0.2, -0.15) is 4.98 Å². The Morgan fingerprint density at radius 3 is 2.79 bits per heavy atom. The van der Waals surface area contributed by atoms with Crippen molar-refractivity contribution in [3.05, 3.63) is 46.2 Å². The quantitative estimate of drug-likeness (QED) is 0.526. The van der Waals surface area contributed by atoms with Gasteiger partial charge in [-0.1, -0.05) is 19.1 Å². The van der Waals surface area contributed by atoms with Gasteiger partial charge in [0.25, 0.3) is 0 Å². The highest BCUT2D eigenvalue weighted by molar-refractivity contribution is 5.54. The molecule has 0 aliphatic heterocycles. The summed E-state index contributed by atoms with van der Waals surface area (Å²) in [5, 5.41) is 14.8. The standard InChI is InChI=1S/C16H20N6O2/c1-10-6-4-5-7-13(10)19-16-18-11(2)14(22(23)24)15(20-16)21-9-8-17-12(21)3/h5,7-10,13H,4,6H2,1-3H3,(H,18,19,20)/t10-,13+/m1/s1. The van der Waals surface area contributed by atoms with Crippen LogP contribution in [0.25, 0.3) is 5.82 Å². The molecule has 1 aliphatic rings. The van der Waals surface area contributed by atoms with Gasteiger partial charge in [0, 0.05) is 18.4 Å². The van der Waals surface area contributed by atoms with E-state index in [4.69, 9.17) is 0 Å². The number of rotatable bonds is 4. The molecule has 0 saturated heterocycles. The SMILES string of the molecule is Cc1nc(N[C@H]2C=CCC[C@H]2C)nc(-n2ccnc2C)c1[N+](=O)[O-]. The van der Waals surface area contributed by atoms with Crippen LogP contribution in [0, 0.1) is 29.9 Å². The van der Waals surface area contributed by atoms with Crippen molar-refractivity contribution in [2.24, 2.45) is 5.92 Å². The van der Waals surface area contributed by atoms with E-state index in [1.807, 2.05) is 0 Å². The van der Waals surface area contributed by atoms with Crippen LogP contribution in [0.4, 0.5) is 11.6 Å². The lowest BCUT2D eigenvalue weighted by Crippen LogP contribution is -2.28. The highest BCUT2D eigenvalue weighted by Crippen LogP contribution is 2.27. The molecule has 8 heteroatoms. The van der Waals surface area contributed by atoms with Crippen LogP contribution in [-0.4, -0.2) is 30.5 Å². The summed E-state index contributed by atoms with van der Waals surface area (Å²) >= 11 is 0. The summed E-state index contributed by atoms with van der Waals surface area (Å²) in [5.41, 5.74) is 0.224. The van der Waals surface area contributed by atoms with Gasteiger partial charge in [-0.15, -0.1) is 0 Å². The highest BCUT2D eigenvalue weighted by Gasteiger charge is 2.26. The van der Waals surface area contributed by atoms with Gasteiger partial charge >= 0.3 is 5.69 Å². The van der Waals surface area contributed by atoms with Crippen LogP contribution in [0.3, 0.4) is 0 Å². The summed E-state index contributed by atoms with van der Waals surface area (Å²) < 4.78 is 1.61. The van der Waals surface area contributed by atoms with E-state index in [-0.39, 0.29) is 17.5 Å². The molecule has 0 spiro atoms. The summed E-state index contributed by atoms with van der Waals surface area (Å²) in [5.74, 6) is 1.71. The van der Waals surface area contributed by atoms with E-state index < -0.39 is 4.92 Å². The molecule has 2 aromatic heterocycles. The van der Waals surface area contributed by atoms with Gasteiger partial charge in [-0.05, 0) is 32.6 Å². The molecule has 126 valence electrons. The number of aryl methyl sites for hydroxylation is 2. The van der Waals surface area contributed by atoms with Crippen molar-refractivity contribution >= 4 is 11.6 Å². The highest BCUT2D eigenvalue weighted by atomic mass is 16.6. The minimum absolute atomic E-state index is 0.103. The Balaban J connectivity index is 2.05. The third-order valence-corrected chi connectivity index (χ3v) is 4.32. The van der Waals surface area contributed by atoms with Crippen molar-refractivity contribution in [3.8, 4) is 5.82 Å². The van der Waals surface area contributed by atoms with Gasteiger partial charge in [0.15, 0.2) is 0 Å². The molecule has 2 heterocycles. The predicted octanol–water partition coefficient (Wildman–Crippen LogP) is 2.95. The maximum atomic E-state index is 11.5. The van der Waals surface area contributed by atoms with Crippen molar-refractivity contribution in [1.82, 2.24) is 19.5 Å². The topological polar surface area (TPSA) is 98.8 Å². The average Bonchev–Trinajstić information content (AvgIpc) is 2.94. The number of nitrogens with zero attached hydrogens (tertiary/aromatic N) is 5. The Morgan fingerprint density at radius 2 is 2.17 bits per heavy atom. The lowest BCUT2D eigenvalue weighted by Gasteiger charge is -2.25. The fraction of sp³-hybridized carbons (Fsp3) is 0.438. The smallest absolute Gasteiger partial charge is 0.333 e. The predicted molar refractivity (Wildman–Crippen MR) is 90.2 cm³/mol. The van der Waals surface area contributed by atoms with Gasteiger partial charge in [-0.3, -0.25) is 14.7 Å². The first-order valence-electron chi connectivity index (χ1n) is 7.94. The van der Waals surface area contributed by atoms with E-state index in [1.165, 1.54) is 0 Å². The molecule has 3 rings (SSSR count). The van der Waals surface area contributed by atoms with Crippen LogP contribution in [0.5, 0.6) is 0 Å². The van der Waals surface area contributed by atoms with Crippen LogP contribution in [0.1, 0.15) is 31.3 Å². The van der Waals surface area contributed by atoms with E-state index in [9.17, 15) is 10.1 Å². The molecule has 0 unspecified atom stereocenters. The normalized spacial score (nSPS) is 20.1. The maximum Gasteiger partial charge on any atom is 0.333 e. The maximum absolute atomic E-state index is 11.5. The van der Waals surface area contributed by atoms with Crippen molar-refractivity contribution in [2.75, 3.05) is 5.32 Å². The molecule has 0 saturated carbocycles. The van der Waals surface area contributed by atoms with Gasteiger partial charge in [0.05, 0.1) is 4.92 Å². The van der Waals surface area contributed by atoms with Gasteiger partial charge < -0.3 is 5.32 Å². The zero-order valence-electron chi connectivity index (χ0n) is 13.9. The number of hydrogen-bond donors (Lipinski definition) is 1. The van der Waals surface area contributed by atoms with Gasteiger partial charge in [0.2, 0.25) is 11.8 Å². The van der Waals surface area contributed by atoms with Crippen molar-refractivity contribution in [1.29, 1.82) is 0 Å². The van der Waals surface area contributed by atoms with Crippen molar-refractivity contribution in [3.63, 3.8) is 0 Å². The monoisotopic (exact) mass is 328 g/mol. The molecule has 0 bridgehead atoms. The van der Waals surface area contributed by atoms with E-state index in [0.29, 0.717) is 23.4 Å². The molecule has 8 nitrogen and oxygen atoms in total. The van der Waals surface area contributed by atoms with Gasteiger partial charge in [-0.25, -0.2) is 9.97 Å². The summed E-state index contributed by atoms with van der Waals surface area (Å²) in [4.78, 5) is 23.8. The third kappa shape index (κ3) is 2.99. The Hall–Kier alpha value is -2.77. The van der Waals surface area contributed by atoms with Crippen LogP contribution in [0.15, 0.2) is 24.5 Å². The number of imidazole rings is 1. The summed E-state index contributed by atoms with van der Waals surface area (Å²) in [6.45, 7) is 5.57. The molecule has 24 heavy (non-hydrogen) atoms. The Morgan fingerprint density at radius 1 is 1.38 bits per heavy atom. The average molecular weight is 328 g/mol. The van der Waals surface area contributed by atoms with Crippen LogP contribution >= 0.6 is 0 Å². The third-order valence-electron chi connectivity index (χ3n) is 4.32. The molecule has 2 atom stereocenters. The van der Waals surface area contributed by atoms with Gasteiger partial charge in [0.1, 0.15) is 11.5 Å². The number of aromatic nitrogens is 4. The number of hydrogen-bond acceptors (Lipinski definition) is 6. The fourth-order valence-electron chi connectivity index (χ4n) is 2.91. The Labute approximate surface area is 139 Å². The summed E-state index contributed by atoms with van der Waals surface area (Å²) in [6.07, 6.45) is 9.66. The van der Waals surface area contributed by atoms with Crippen molar-refractivity contribution < 1.29 is 4.92 Å². The van der Waals surface area contributed by atoms with Crippen LogP contribution in [0.2, 0.25) is 0 Å². The first-order valence-corrected chi connectivity index (χ1v) is 7.94. The second kappa shape index (κ2) is 6.38. The minimum atomic E-state index is -0.447. The molecule has 0 fully saturated rings. The molecule has 1 aliphatic carbocycles. The number of allylic oxidation sites excluding steroid dienone is 1. The second-order valence-corrected chi connectivity index (χ2v) is 6.06. The fourth-order valence-corrected chi connectivity index (χ4v) is 2.91. The molecule has 0 amide bonds. The van der Waals surface area contributed by atoms with E-state index in [0.717, 1.165) is 12.8 Å². The molecular weight excluding hydrogens is 308 g/mol. The lowest BCUT2D eigenvalue weighted by atomic mass is 9.91. The van der Waals surface area contributed by atoms with Crippen LogP contribution in [-0.2, 0) is 0 Å². The Bertz CT molecular complexity index is 798. The zero-order valence-corrected chi connectivity index (χ0v) is 13.9. The molecule has 1 N–H and O–H groups in total. The first-order chi connectivity index (χ1) is 11.5. The number of anilines is 1. The molecule has 0 aromatic carbocycles. The molecule has 2 aromatic rings. The number of nitrogens with one attached hydrogen (secondary N) is 1. The lowest BCUT2D eigenvalue weighted by molar-refractivity contribution is -0.385. The largest absolute Gasteiger partial charge is 0.348 e. The summed E-state index contributed by atoms with van der Waals surface area (Å²) in [6, 6.07) is 0.122.